The summed E-state index contributed by atoms with van der Waals surface area (Å²) in [6.45, 7) is 1.80. The van der Waals surface area contributed by atoms with Gasteiger partial charge in [0.1, 0.15) is 5.69 Å². The maximum absolute atomic E-state index is 13.1. The molecular weight excluding hydrogens is 342 g/mol. The molecule has 1 aromatic carbocycles. The molecule has 3 heterocycles. The summed E-state index contributed by atoms with van der Waals surface area (Å²) in [5, 5.41) is 7.59. The number of furan rings is 1. The van der Waals surface area contributed by atoms with Gasteiger partial charge in [-0.1, -0.05) is 11.2 Å². The van der Waals surface area contributed by atoms with Crippen LogP contribution in [0.5, 0.6) is 0 Å². The van der Waals surface area contributed by atoms with E-state index in [2.05, 4.69) is 27.6 Å². The number of nitrogens with zero attached hydrogens (tertiary/aromatic N) is 2. The minimum atomic E-state index is -0.223. The van der Waals surface area contributed by atoms with Gasteiger partial charge in [0.2, 0.25) is 0 Å². The van der Waals surface area contributed by atoms with E-state index >= 15 is 0 Å². The van der Waals surface area contributed by atoms with Crippen molar-refractivity contribution in [2.45, 2.75) is 26.2 Å². The van der Waals surface area contributed by atoms with Gasteiger partial charge >= 0.3 is 0 Å². The molecule has 4 aromatic rings. The predicted octanol–water partition coefficient (Wildman–Crippen LogP) is 4.53. The van der Waals surface area contributed by atoms with Gasteiger partial charge in [-0.3, -0.25) is 4.79 Å². The second-order valence-electron chi connectivity index (χ2n) is 6.77. The molecule has 1 amide bonds. The van der Waals surface area contributed by atoms with Crippen LogP contribution in [0.4, 0.5) is 5.69 Å². The molecule has 0 atom stereocenters. The Morgan fingerprint density at radius 2 is 2.04 bits per heavy atom. The molecule has 1 aliphatic rings. The van der Waals surface area contributed by atoms with Crippen LogP contribution < -0.4 is 5.32 Å². The third-order valence-electron chi connectivity index (χ3n) is 4.99. The number of rotatable bonds is 3. The van der Waals surface area contributed by atoms with Crippen molar-refractivity contribution in [3.05, 3.63) is 65.0 Å². The average Bonchev–Trinajstić information content (AvgIpc) is 3.41. The number of nitrogens with one attached hydrogen (secondary N) is 1. The van der Waals surface area contributed by atoms with Crippen molar-refractivity contribution in [1.29, 1.82) is 0 Å². The molecule has 27 heavy (non-hydrogen) atoms. The van der Waals surface area contributed by atoms with Crippen molar-refractivity contribution in [2.24, 2.45) is 0 Å². The quantitative estimate of drug-likeness (QED) is 0.581. The Morgan fingerprint density at radius 1 is 1.15 bits per heavy atom. The number of benzene rings is 1. The fraction of sp³-hybridized carbons (Fsp3) is 0.190. The van der Waals surface area contributed by atoms with E-state index in [4.69, 9.17) is 8.94 Å². The van der Waals surface area contributed by atoms with E-state index < -0.39 is 0 Å². The highest BCUT2D eigenvalue weighted by Gasteiger charge is 2.21. The third-order valence-corrected chi connectivity index (χ3v) is 4.99. The first-order chi connectivity index (χ1) is 13.2. The topological polar surface area (TPSA) is 81.2 Å². The zero-order valence-electron chi connectivity index (χ0n) is 14.8. The summed E-state index contributed by atoms with van der Waals surface area (Å²) in [5.74, 6) is 0.344. The summed E-state index contributed by atoms with van der Waals surface area (Å²) in [6.07, 6.45) is 4.91. The van der Waals surface area contributed by atoms with Crippen LogP contribution in [0.15, 0.2) is 51.6 Å². The number of carbonyl (C=O) groups excluding carboxylic acids is 1. The number of fused-ring (bicyclic) bond motifs is 2. The van der Waals surface area contributed by atoms with Gasteiger partial charge in [0.15, 0.2) is 5.76 Å². The smallest absolute Gasteiger partial charge is 0.259 e. The third kappa shape index (κ3) is 2.70. The van der Waals surface area contributed by atoms with Crippen LogP contribution in [-0.2, 0) is 12.8 Å². The SMILES string of the molecule is Cc1noc2nc(-c3ccco3)cc(C(=O)Nc3ccc4c(c3)CCC4)c12. The second-order valence-corrected chi connectivity index (χ2v) is 6.77. The summed E-state index contributed by atoms with van der Waals surface area (Å²) in [6, 6.07) is 11.4. The number of anilines is 1. The Hall–Kier alpha value is -3.41. The van der Waals surface area contributed by atoms with Crippen molar-refractivity contribution in [3.63, 3.8) is 0 Å². The predicted molar refractivity (Wildman–Crippen MR) is 101 cm³/mol. The molecule has 0 spiro atoms. The molecule has 6 nitrogen and oxygen atoms in total. The van der Waals surface area contributed by atoms with Gasteiger partial charge in [-0.2, -0.15) is 0 Å². The van der Waals surface area contributed by atoms with Crippen LogP contribution >= 0.6 is 0 Å². The Bertz CT molecular complexity index is 1160. The van der Waals surface area contributed by atoms with Crippen LogP contribution in [0.1, 0.15) is 33.6 Å². The van der Waals surface area contributed by atoms with Gasteiger partial charge in [0.25, 0.3) is 11.6 Å². The Morgan fingerprint density at radius 3 is 2.89 bits per heavy atom. The van der Waals surface area contributed by atoms with E-state index in [0.29, 0.717) is 33.8 Å². The maximum atomic E-state index is 13.1. The van der Waals surface area contributed by atoms with Gasteiger partial charge in [-0.05, 0) is 67.6 Å². The largest absolute Gasteiger partial charge is 0.463 e. The molecule has 0 saturated carbocycles. The van der Waals surface area contributed by atoms with Crippen LogP contribution in [0.25, 0.3) is 22.6 Å². The second kappa shape index (κ2) is 6.09. The van der Waals surface area contributed by atoms with Crippen LogP contribution in [-0.4, -0.2) is 16.0 Å². The normalized spacial score (nSPS) is 13.1. The molecule has 0 radical (unpaired) electrons. The lowest BCUT2D eigenvalue weighted by Crippen LogP contribution is -2.13. The monoisotopic (exact) mass is 359 g/mol. The molecule has 0 unspecified atom stereocenters. The van der Waals surface area contributed by atoms with Gasteiger partial charge < -0.3 is 14.3 Å². The zero-order chi connectivity index (χ0) is 18.4. The summed E-state index contributed by atoms with van der Waals surface area (Å²) >= 11 is 0. The molecule has 1 aliphatic carbocycles. The molecule has 0 saturated heterocycles. The molecule has 5 rings (SSSR count). The van der Waals surface area contributed by atoms with Crippen molar-refractivity contribution >= 4 is 22.7 Å². The number of hydrogen-bond donors (Lipinski definition) is 1. The van der Waals surface area contributed by atoms with E-state index in [9.17, 15) is 4.79 Å². The summed E-state index contributed by atoms with van der Waals surface area (Å²) in [5.41, 5.74) is 5.41. The highest BCUT2D eigenvalue weighted by atomic mass is 16.5. The first-order valence-corrected chi connectivity index (χ1v) is 8.93. The number of hydrogen-bond acceptors (Lipinski definition) is 5. The molecule has 134 valence electrons. The number of aryl methyl sites for hydroxylation is 3. The summed E-state index contributed by atoms with van der Waals surface area (Å²) in [4.78, 5) is 17.5. The average molecular weight is 359 g/mol. The van der Waals surface area contributed by atoms with Crippen molar-refractivity contribution < 1.29 is 13.7 Å². The van der Waals surface area contributed by atoms with Crippen LogP contribution in [0.3, 0.4) is 0 Å². The van der Waals surface area contributed by atoms with E-state index in [-0.39, 0.29) is 5.91 Å². The molecule has 0 bridgehead atoms. The minimum absolute atomic E-state index is 0.223. The number of pyridine rings is 1. The molecule has 3 aromatic heterocycles. The first-order valence-electron chi connectivity index (χ1n) is 8.93. The highest BCUT2D eigenvalue weighted by Crippen LogP contribution is 2.29. The Labute approximate surface area is 155 Å². The standard InChI is InChI=1S/C21H17N3O3/c1-12-19-16(11-17(18-6-3-9-26-18)23-21(19)27-24-12)20(25)22-15-8-7-13-4-2-5-14(13)10-15/h3,6-11H,2,4-5H2,1H3,(H,22,25). The van der Waals surface area contributed by atoms with Crippen molar-refractivity contribution in [2.75, 3.05) is 5.32 Å². The Balaban J connectivity index is 1.56. The molecular formula is C21H17N3O3. The molecule has 6 heteroatoms. The first kappa shape index (κ1) is 15.8. The molecule has 0 fully saturated rings. The zero-order valence-corrected chi connectivity index (χ0v) is 14.8. The minimum Gasteiger partial charge on any atom is -0.463 e. The maximum Gasteiger partial charge on any atom is 0.259 e. The lowest BCUT2D eigenvalue weighted by atomic mass is 10.1. The fourth-order valence-electron chi connectivity index (χ4n) is 3.67. The van der Waals surface area contributed by atoms with E-state index in [1.165, 1.54) is 17.5 Å². The van der Waals surface area contributed by atoms with E-state index in [1.807, 2.05) is 6.07 Å². The van der Waals surface area contributed by atoms with Gasteiger partial charge in [0.05, 0.1) is 22.9 Å². The lowest BCUT2D eigenvalue weighted by molar-refractivity contribution is 0.102. The van der Waals surface area contributed by atoms with Gasteiger partial charge in [0, 0.05) is 5.69 Å². The van der Waals surface area contributed by atoms with Crippen LogP contribution in [0, 0.1) is 6.92 Å². The number of amides is 1. The van der Waals surface area contributed by atoms with E-state index in [1.54, 1.807) is 31.4 Å². The Kier molecular flexibility index (Phi) is 3.57. The number of aromatic nitrogens is 2. The van der Waals surface area contributed by atoms with E-state index in [0.717, 1.165) is 18.5 Å². The fourth-order valence-corrected chi connectivity index (χ4v) is 3.67. The van der Waals surface area contributed by atoms with Gasteiger partial charge in [-0.15, -0.1) is 0 Å². The lowest BCUT2D eigenvalue weighted by Gasteiger charge is -2.09. The van der Waals surface area contributed by atoms with Gasteiger partial charge in [-0.25, -0.2) is 4.98 Å². The summed E-state index contributed by atoms with van der Waals surface area (Å²) in [7, 11) is 0. The summed E-state index contributed by atoms with van der Waals surface area (Å²) < 4.78 is 10.7. The number of carbonyl (C=O) groups is 1. The van der Waals surface area contributed by atoms with Crippen molar-refractivity contribution in [1.82, 2.24) is 10.1 Å². The molecule has 0 aliphatic heterocycles. The van der Waals surface area contributed by atoms with Crippen molar-refractivity contribution in [3.8, 4) is 11.5 Å². The molecule has 1 N–H and O–H groups in total. The van der Waals surface area contributed by atoms with Crippen LogP contribution in [0.2, 0.25) is 0 Å². The highest BCUT2D eigenvalue weighted by molar-refractivity contribution is 6.13.